The van der Waals surface area contributed by atoms with Gasteiger partial charge in [-0.15, -0.1) is 0 Å². The van der Waals surface area contributed by atoms with Gasteiger partial charge in [0.15, 0.2) is 0 Å². The van der Waals surface area contributed by atoms with Crippen LogP contribution in [0.2, 0.25) is 0 Å². The molecule has 2 N–H and O–H groups in total. The predicted octanol–water partition coefficient (Wildman–Crippen LogP) is 3.73. The number of anilines is 3. The molecule has 0 aliphatic rings. The van der Waals surface area contributed by atoms with Crippen molar-refractivity contribution in [1.82, 2.24) is 4.98 Å². The zero-order valence-corrected chi connectivity index (χ0v) is 12.0. The van der Waals surface area contributed by atoms with E-state index in [1.54, 1.807) is 6.20 Å². The molecule has 0 aliphatic heterocycles. The van der Waals surface area contributed by atoms with Gasteiger partial charge in [-0.3, -0.25) is 4.79 Å². The maximum absolute atomic E-state index is 11.6. The molecule has 4 nitrogen and oxygen atoms in total. The van der Waals surface area contributed by atoms with Crippen molar-refractivity contribution in [3.05, 3.63) is 48.2 Å². The fraction of sp³-hybridized carbons (Fsp3) is 0.250. The van der Waals surface area contributed by atoms with Gasteiger partial charge in [-0.1, -0.05) is 31.5 Å². The molecule has 0 unspecified atom stereocenters. The lowest BCUT2D eigenvalue weighted by Crippen LogP contribution is -2.17. The number of nitrogens with one attached hydrogen (secondary N) is 2. The zero-order chi connectivity index (χ0) is 14.5. The molecule has 1 amide bonds. The summed E-state index contributed by atoms with van der Waals surface area (Å²) in [6.45, 7) is 5.76. The SMILES string of the molecule is Cc1ccc(Nc2ccc(NC(=O)C(C)C)cn2)cc1. The monoisotopic (exact) mass is 269 g/mol. The predicted molar refractivity (Wildman–Crippen MR) is 82.2 cm³/mol. The van der Waals surface area contributed by atoms with Crippen molar-refractivity contribution in [2.75, 3.05) is 10.6 Å². The fourth-order valence-corrected chi connectivity index (χ4v) is 1.61. The molecule has 0 radical (unpaired) electrons. The van der Waals surface area contributed by atoms with Crippen LogP contribution in [0.25, 0.3) is 0 Å². The van der Waals surface area contributed by atoms with Crippen LogP contribution in [-0.2, 0) is 4.79 Å². The normalized spacial score (nSPS) is 10.4. The van der Waals surface area contributed by atoms with Crippen molar-refractivity contribution in [2.24, 2.45) is 5.92 Å². The van der Waals surface area contributed by atoms with Crippen LogP contribution >= 0.6 is 0 Å². The molecule has 1 aromatic heterocycles. The first-order valence-corrected chi connectivity index (χ1v) is 6.65. The van der Waals surface area contributed by atoms with E-state index < -0.39 is 0 Å². The highest BCUT2D eigenvalue weighted by Crippen LogP contribution is 2.17. The summed E-state index contributed by atoms with van der Waals surface area (Å²) in [7, 11) is 0. The van der Waals surface area contributed by atoms with E-state index in [0.717, 1.165) is 11.5 Å². The van der Waals surface area contributed by atoms with E-state index in [4.69, 9.17) is 0 Å². The zero-order valence-electron chi connectivity index (χ0n) is 12.0. The summed E-state index contributed by atoms with van der Waals surface area (Å²) in [5.41, 5.74) is 2.91. The molecular weight excluding hydrogens is 250 g/mol. The topological polar surface area (TPSA) is 54.0 Å². The van der Waals surface area contributed by atoms with E-state index in [0.29, 0.717) is 5.69 Å². The molecule has 2 aromatic rings. The van der Waals surface area contributed by atoms with Gasteiger partial charge in [0, 0.05) is 11.6 Å². The van der Waals surface area contributed by atoms with Gasteiger partial charge in [0.2, 0.25) is 5.91 Å². The van der Waals surface area contributed by atoms with Gasteiger partial charge < -0.3 is 10.6 Å². The lowest BCUT2D eigenvalue weighted by atomic mass is 10.2. The average Bonchev–Trinajstić information content (AvgIpc) is 2.43. The quantitative estimate of drug-likeness (QED) is 0.889. The number of hydrogen-bond acceptors (Lipinski definition) is 3. The third kappa shape index (κ3) is 3.82. The largest absolute Gasteiger partial charge is 0.340 e. The molecule has 20 heavy (non-hydrogen) atoms. The number of aromatic nitrogens is 1. The molecule has 0 bridgehead atoms. The van der Waals surface area contributed by atoms with Gasteiger partial charge in [0.1, 0.15) is 5.82 Å². The van der Waals surface area contributed by atoms with Crippen molar-refractivity contribution in [1.29, 1.82) is 0 Å². The van der Waals surface area contributed by atoms with E-state index in [-0.39, 0.29) is 11.8 Å². The Kier molecular flexibility index (Phi) is 4.35. The minimum Gasteiger partial charge on any atom is -0.340 e. The third-order valence-electron chi connectivity index (χ3n) is 2.88. The van der Waals surface area contributed by atoms with Crippen LogP contribution in [0.1, 0.15) is 19.4 Å². The van der Waals surface area contributed by atoms with E-state index in [1.165, 1.54) is 5.56 Å². The molecule has 0 spiro atoms. The van der Waals surface area contributed by atoms with Gasteiger partial charge >= 0.3 is 0 Å². The highest BCUT2D eigenvalue weighted by molar-refractivity contribution is 5.91. The van der Waals surface area contributed by atoms with Crippen LogP contribution < -0.4 is 10.6 Å². The molecule has 104 valence electrons. The highest BCUT2D eigenvalue weighted by atomic mass is 16.1. The Morgan fingerprint density at radius 3 is 2.25 bits per heavy atom. The second-order valence-corrected chi connectivity index (χ2v) is 5.07. The Hall–Kier alpha value is -2.36. The van der Waals surface area contributed by atoms with Gasteiger partial charge in [-0.2, -0.15) is 0 Å². The van der Waals surface area contributed by atoms with Crippen LogP contribution in [0.4, 0.5) is 17.2 Å². The molecule has 1 aromatic carbocycles. The van der Waals surface area contributed by atoms with Gasteiger partial charge in [-0.05, 0) is 31.2 Å². The van der Waals surface area contributed by atoms with Gasteiger partial charge in [-0.25, -0.2) is 4.98 Å². The summed E-state index contributed by atoms with van der Waals surface area (Å²) in [5.74, 6) is 0.697. The average molecular weight is 269 g/mol. The Morgan fingerprint density at radius 2 is 1.70 bits per heavy atom. The molecule has 0 fully saturated rings. The summed E-state index contributed by atoms with van der Waals surface area (Å²) in [6, 6.07) is 11.8. The first-order chi connectivity index (χ1) is 9.54. The van der Waals surface area contributed by atoms with Crippen molar-refractivity contribution in [3.8, 4) is 0 Å². The number of hydrogen-bond donors (Lipinski definition) is 2. The van der Waals surface area contributed by atoms with Gasteiger partial charge in [0.25, 0.3) is 0 Å². The molecule has 0 atom stereocenters. The van der Waals surface area contributed by atoms with E-state index >= 15 is 0 Å². The summed E-state index contributed by atoms with van der Waals surface area (Å²) >= 11 is 0. The van der Waals surface area contributed by atoms with Crippen molar-refractivity contribution in [2.45, 2.75) is 20.8 Å². The lowest BCUT2D eigenvalue weighted by Gasteiger charge is -2.09. The number of aryl methyl sites for hydroxylation is 1. The minimum atomic E-state index is -0.0413. The Bertz CT molecular complexity index is 574. The van der Waals surface area contributed by atoms with Crippen molar-refractivity contribution >= 4 is 23.1 Å². The van der Waals surface area contributed by atoms with Crippen LogP contribution in [0.15, 0.2) is 42.6 Å². The number of nitrogens with zero attached hydrogens (tertiary/aromatic N) is 1. The van der Waals surface area contributed by atoms with Crippen LogP contribution in [0, 0.1) is 12.8 Å². The molecule has 1 heterocycles. The molecule has 0 saturated heterocycles. The summed E-state index contributed by atoms with van der Waals surface area (Å²) < 4.78 is 0. The summed E-state index contributed by atoms with van der Waals surface area (Å²) in [6.07, 6.45) is 1.65. The van der Waals surface area contributed by atoms with Crippen LogP contribution in [0.3, 0.4) is 0 Å². The number of benzene rings is 1. The molecule has 2 rings (SSSR count). The molecule has 0 aliphatic carbocycles. The van der Waals surface area contributed by atoms with Crippen molar-refractivity contribution in [3.63, 3.8) is 0 Å². The third-order valence-corrected chi connectivity index (χ3v) is 2.88. The first-order valence-electron chi connectivity index (χ1n) is 6.65. The van der Waals surface area contributed by atoms with Crippen LogP contribution in [0.5, 0.6) is 0 Å². The molecule has 4 heteroatoms. The molecular formula is C16H19N3O. The maximum Gasteiger partial charge on any atom is 0.226 e. The number of carbonyl (C=O) groups is 1. The Morgan fingerprint density at radius 1 is 1.05 bits per heavy atom. The van der Waals surface area contributed by atoms with E-state index in [1.807, 2.05) is 57.2 Å². The lowest BCUT2D eigenvalue weighted by molar-refractivity contribution is -0.118. The Balaban J connectivity index is 2.01. The van der Waals surface area contributed by atoms with E-state index in [2.05, 4.69) is 15.6 Å². The highest BCUT2D eigenvalue weighted by Gasteiger charge is 2.07. The minimum absolute atomic E-state index is 0.00829. The second-order valence-electron chi connectivity index (χ2n) is 5.07. The number of carbonyl (C=O) groups excluding carboxylic acids is 1. The standard InChI is InChI=1S/C16H19N3O/c1-11(2)16(20)19-14-8-9-15(17-10-14)18-13-6-4-12(3)5-7-13/h4-11H,1-3H3,(H,17,18)(H,19,20). The summed E-state index contributed by atoms with van der Waals surface area (Å²) in [4.78, 5) is 15.8. The fourth-order valence-electron chi connectivity index (χ4n) is 1.61. The molecule has 0 saturated carbocycles. The number of amides is 1. The second kappa shape index (κ2) is 6.19. The Labute approximate surface area is 119 Å². The van der Waals surface area contributed by atoms with Gasteiger partial charge in [0.05, 0.1) is 11.9 Å². The summed E-state index contributed by atoms with van der Waals surface area (Å²) in [5, 5.41) is 6.02. The maximum atomic E-state index is 11.6. The van der Waals surface area contributed by atoms with Crippen LogP contribution in [-0.4, -0.2) is 10.9 Å². The first kappa shape index (κ1) is 14.1. The number of pyridine rings is 1. The van der Waals surface area contributed by atoms with Crippen molar-refractivity contribution < 1.29 is 4.79 Å². The smallest absolute Gasteiger partial charge is 0.226 e. The number of rotatable bonds is 4. The van der Waals surface area contributed by atoms with E-state index in [9.17, 15) is 4.79 Å².